The van der Waals surface area contributed by atoms with E-state index in [1.807, 2.05) is 44.2 Å². The molecule has 1 fully saturated rings. The molecule has 11 heteroatoms. The molecule has 188 valence electrons. The second-order valence-electron chi connectivity index (χ2n) is 8.61. The summed E-state index contributed by atoms with van der Waals surface area (Å²) in [6, 6.07) is 14.3. The van der Waals surface area contributed by atoms with Crippen LogP contribution in [0.3, 0.4) is 0 Å². The monoisotopic (exact) mass is 508 g/mol. The fourth-order valence-corrected chi connectivity index (χ4v) is 5.88. The number of anilines is 1. The molecule has 0 saturated carbocycles. The third-order valence-electron chi connectivity index (χ3n) is 6.28. The molecular formula is C25H28N6O4S. The number of fused-ring (bicyclic) bond motifs is 1. The summed E-state index contributed by atoms with van der Waals surface area (Å²) in [5.74, 6) is 2.17. The molecule has 10 nitrogen and oxygen atoms in total. The van der Waals surface area contributed by atoms with Crippen molar-refractivity contribution in [3.05, 3.63) is 59.9 Å². The number of hydrogen-bond donors (Lipinski definition) is 0. The van der Waals surface area contributed by atoms with Crippen LogP contribution in [0.15, 0.2) is 53.4 Å². The molecule has 2 aromatic heterocycles. The summed E-state index contributed by atoms with van der Waals surface area (Å²) in [6.07, 6.45) is 0. The van der Waals surface area contributed by atoms with E-state index in [0.29, 0.717) is 49.3 Å². The number of nitrogens with zero attached hydrogens (tertiary/aromatic N) is 6. The van der Waals surface area contributed by atoms with E-state index in [2.05, 4.69) is 10.00 Å². The van der Waals surface area contributed by atoms with Crippen molar-refractivity contribution in [2.75, 3.05) is 45.3 Å². The van der Waals surface area contributed by atoms with Gasteiger partial charge in [0.2, 0.25) is 10.0 Å². The minimum absolute atomic E-state index is 0.169. The third kappa shape index (κ3) is 4.24. The highest BCUT2D eigenvalue weighted by Gasteiger charge is 2.31. The van der Waals surface area contributed by atoms with Crippen molar-refractivity contribution in [1.29, 1.82) is 0 Å². The lowest BCUT2D eigenvalue weighted by Crippen LogP contribution is -2.49. The van der Waals surface area contributed by atoms with Crippen LogP contribution in [0, 0.1) is 13.8 Å². The Kier molecular flexibility index (Phi) is 6.27. The molecule has 3 heterocycles. The van der Waals surface area contributed by atoms with E-state index in [0.717, 1.165) is 22.4 Å². The molecule has 0 radical (unpaired) electrons. The maximum atomic E-state index is 13.4. The average Bonchev–Trinajstić information content (AvgIpc) is 3.24. The highest BCUT2D eigenvalue weighted by Crippen LogP contribution is 2.32. The number of aryl methyl sites for hydroxylation is 2. The molecule has 1 aliphatic rings. The van der Waals surface area contributed by atoms with Gasteiger partial charge in [-0.2, -0.15) is 9.40 Å². The van der Waals surface area contributed by atoms with Gasteiger partial charge in [0, 0.05) is 37.9 Å². The van der Waals surface area contributed by atoms with Crippen molar-refractivity contribution in [2.45, 2.75) is 18.7 Å². The predicted octanol–water partition coefficient (Wildman–Crippen LogP) is 2.96. The standard InChI is InChI=1S/C25H28N6O4S/c1-17-15-18(2)31(28-17)25-24(26-20-7-5-6-8-21(20)27-25)29-11-13-30(14-12-29)36(32,33)19-9-10-22(34-3)23(16-19)35-4/h5-10,15-16H,11-14H2,1-4H3. The Bertz CT molecular complexity index is 1530. The molecule has 5 rings (SSSR count). The Morgan fingerprint density at radius 3 is 2.03 bits per heavy atom. The maximum Gasteiger partial charge on any atom is 0.243 e. The summed E-state index contributed by atoms with van der Waals surface area (Å²) in [5, 5.41) is 4.63. The lowest BCUT2D eigenvalue weighted by atomic mass is 10.3. The zero-order chi connectivity index (χ0) is 25.4. The minimum Gasteiger partial charge on any atom is -0.493 e. The largest absolute Gasteiger partial charge is 0.493 e. The number of rotatable bonds is 6. The summed E-state index contributed by atoms with van der Waals surface area (Å²) in [4.78, 5) is 12.0. The van der Waals surface area contributed by atoms with E-state index in [9.17, 15) is 8.42 Å². The average molecular weight is 509 g/mol. The lowest BCUT2D eigenvalue weighted by Gasteiger charge is -2.35. The lowest BCUT2D eigenvalue weighted by molar-refractivity contribution is 0.353. The molecule has 2 aromatic carbocycles. The number of methoxy groups -OCH3 is 2. The van der Waals surface area contributed by atoms with Gasteiger partial charge in [-0.1, -0.05) is 12.1 Å². The molecule has 0 aliphatic carbocycles. The Labute approximate surface area is 210 Å². The maximum absolute atomic E-state index is 13.4. The molecular weight excluding hydrogens is 480 g/mol. The molecule has 1 saturated heterocycles. The first-order valence-corrected chi connectivity index (χ1v) is 13.0. The third-order valence-corrected chi connectivity index (χ3v) is 8.17. The van der Waals surface area contributed by atoms with Gasteiger partial charge in [0.1, 0.15) is 0 Å². The summed E-state index contributed by atoms with van der Waals surface area (Å²) in [6.45, 7) is 5.46. The highest BCUT2D eigenvalue weighted by molar-refractivity contribution is 7.89. The van der Waals surface area contributed by atoms with Crippen LogP contribution in [0.4, 0.5) is 5.82 Å². The molecule has 4 aromatic rings. The molecule has 0 spiro atoms. The van der Waals surface area contributed by atoms with Gasteiger partial charge in [-0.25, -0.2) is 23.1 Å². The first kappa shape index (κ1) is 24.0. The van der Waals surface area contributed by atoms with Gasteiger partial charge < -0.3 is 14.4 Å². The van der Waals surface area contributed by atoms with E-state index >= 15 is 0 Å². The Balaban J connectivity index is 1.45. The van der Waals surface area contributed by atoms with Gasteiger partial charge in [0.05, 0.1) is 35.8 Å². The molecule has 0 atom stereocenters. The Morgan fingerprint density at radius 2 is 1.44 bits per heavy atom. The summed E-state index contributed by atoms with van der Waals surface area (Å²) in [5.41, 5.74) is 3.39. The van der Waals surface area contributed by atoms with E-state index < -0.39 is 10.0 Å². The van der Waals surface area contributed by atoms with Gasteiger partial charge in [0.25, 0.3) is 0 Å². The molecule has 1 aliphatic heterocycles. The number of hydrogen-bond acceptors (Lipinski definition) is 8. The SMILES string of the molecule is COc1ccc(S(=O)(=O)N2CCN(c3nc4ccccc4nc3-n3nc(C)cc3C)CC2)cc1OC. The predicted molar refractivity (Wildman–Crippen MR) is 137 cm³/mol. The number of piperazine rings is 1. The number of para-hydroxylation sites is 2. The van der Waals surface area contributed by atoms with E-state index in [1.165, 1.54) is 24.6 Å². The van der Waals surface area contributed by atoms with Crippen molar-refractivity contribution in [2.24, 2.45) is 0 Å². The molecule has 0 N–H and O–H groups in total. The fraction of sp³-hybridized carbons (Fsp3) is 0.320. The topological polar surface area (TPSA) is 103 Å². The molecule has 0 unspecified atom stereocenters. The van der Waals surface area contributed by atoms with Crippen LogP contribution in [0.1, 0.15) is 11.4 Å². The summed E-state index contributed by atoms with van der Waals surface area (Å²) in [7, 11) is -0.709. The van der Waals surface area contributed by atoms with Crippen molar-refractivity contribution < 1.29 is 17.9 Å². The summed E-state index contributed by atoms with van der Waals surface area (Å²) < 4.78 is 40.6. The fourth-order valence-electron chi connectivity index (χ4n) is 4.45. The highest BCUT2D eigenvalue weighted by atomic mass is 32.2. The number of benzene rings is 2. The second-order valence-corrected chi connectivity index (χ2v) is 10.5. The zero-order valence-electron chi connectivity index (χ0n) is 20.7. The van der Waals surface area contributed by atoms with Gasteiger partial charge in [-0.05, 0) is 44.2 Å². The van der Waals surface area contributed by atoms with Gasteiger partial charge in [-0.3, -0.25) is 0 Å². The normalized spacial score (nSPS) is 14.8. The van der Waals surface area contributed by atoms with Crippen LogP contribution in [0.5, 0.6) is 11.5 Å². The number of ether oxygens (including phenoxy) is 2. The van der Waals surface area contributed by atoms with Crippen LogP contribution >= 0.6 is 0 Å². The number of aromatic nitrogens is 4. The smallest absolute Gasteiger partial charge is 0.243 e. The zero-order valence-corrected chi connectivity index (χ0v) is 21.5. The van der Waals surface area contributed by atoms with Gasteiger partial charge in [0.15, 0.2) is 23.1 Å². The van der Waals surface area contributed by atoms with Crippen molar-refractivity contribution in [3.63, 3.8) is 0 Å². The Hall–Kier alpha value is -3.70. The molecule has 36 heavy (non-hydrogen) atoms. The Morgan fingerprint density at radius 1 is 0.806 bits per heavy atom. The molecule has 0 amide bonds. The van der Waals surface area contributed by atoms with Crippen LogP contribution in [0.25, 0.3) is 16.9 Å². The molecule has 0 bridgehead atoms. The van der Waals surface area contributed by atoms with Crippen molar-refractivity contribution >= 4 is 26.9 Å². The first-order valence-electron chi connectivity index (χ1n) is 11.6. The minimum atomic E-state index is -3.71. The summed E-state index contributed by atoms with van der Waals surface area (Å²) >= 11 is 0. The van der Waals surface area contributed by atoms with Crippen LogP contribution < -0.4 is 14.4 Å². The van der Waals surface area contributed by atoms with Gasteiger partial charge in [-0.15, -0.1) is 0 Å². The van der Waals surface area contributed by atoms with E-state index in [4.69, 9.17) is 19.4 Å². The van der Waals surface area contributed by atoms with Crippen LogP contribution in [-0.4, -0.2) is 72.9 Å². The van der Waals surface area contributed by atoms with Crippen molar-refractivity contribution in [3.8, 4) is 17.3 Å². The van der Waals surface area contributed by atoms with E-state index in [1.54, 1.807) is 16.8 Å². The van der Waals surface area contributed by atoms with Gasteiger partial charge >= 0.3 is 0 Å². The van der Waals surface area contributed by atoms with Crippen LogP contribution in [-0.2, 0) is 10.0 Å². The van der Waals surface area contributed by atoms with Crippen LogP contribution in [0.2, 0.25) is 0 Å². The quantitative estimate of drug-likeness (QED) is 0.392. The van der Waals surface area contributed by atoms with Crippen molar-refractivity contribution in [1.82, 2.24) is 24.1 Å². The second kappa shape index (κ2) is 9.40. The van der Waals surface area contributed by atoms with E-state index in [-0.39, 0.29) is 4.90 Å². The number of sulfonamides is 1. The first-order chi connectivity index (χ1) is 17.3.